The molecular formula is C19H23F3N4O. The first-order valence-corrected chi connectivity index (χ1v) is 8.90. The van der Waals surface area contributed by atoms with E-state index in [0.717, 1.165) is 37.2 Å². The predicted octanol–water partition coefficient (Wildman–Crippen LogP) is 3.78. The van der Waals surface area contributed by atoms with Gasteiger partial charge in [0.15, 0.2) is 0 Å². The minimum atomic E-state index is -4.68. The van der Waals surface area contributed by atoms with Gasteiger partial charge in [-0.3, -0.25) is 4.90 Å². The van der Waals surface area contributed by atoms with Gasteiger partial charge in [0.2, 0.25) is 5.95 Å². The molecule has 3 rings (SSSR count). The summed E-state index contributed by atoms with van der Waals surface area (Å²) >= 11 is 0. The number of alkyl halides is 3. The number of ether oxygens (including phenoxy) is 1. The fraction of sp³-hybridized carbons (Fsp3) is 0.474. The van der Waals surface area contributed by atoms with Gasteiger partial charge in [0, 0.05) is 38.1 Å². The molecular weight excluding hydrogens is 357 g/mol. The summed E-state index contributed by atoms with van der Waals surface area (Å²) in [5.74, 6) is 0.515. The molecule has 1 atom stereocenters. The Morgan fingerprint density at radius 2 is 2.11 bits per heavy atom. The van der Waals surface area contributed by atoms with Crippen LogP contribution in [0.3, 0.4) is 0 Å². The molecule has 1 aliphatic heterocycles. The number of aromatic nitrogens is 2. The number of halogens is 3. The largest absolute Gasteiger partial charge is 0.573 e. The maximum absolute atomic E-state index is 12.4. The first-order valence-electron chi connectivity index (χ1n) is 8.90. The molecule has 0 bridgehead atoms. The third-order valence-corrected chi connectivity index (χ3v) is 4.66. The van der Waals surface area contributed by atoms with Gasteiger partial charge in [0.1, 0.15) is 5.75 Å². The van der Waals surface area contributed by atoms with E-state index in [0.29, 0.717) is 12.5 Å². The lowest BCUT2D eigenvalue weighted by atomic mass is 10.0. The van der Waals surface area contributed by atoms with Crippen LogP contribution in [0.25, 0.3) is 0 Å². The van der Waals surface area contributed by atoms with Crippen molar-refractivity contribution in [2.24, 2.45) is 0 Å². The fourth-order valence-electron chi connectivity index (χ4n) is 3.36. The van der Waals surface area contributed by atoms with Crippen molar-refractivity contribution in [2.75, 3.05) is 25.0 Å². The molecule has 1 unspecified atom stereocenters. The topological polar surface area (TPSA) is 41.5 Å². The van der Waals surface area contributed by atoms with Gasteiger partial charge < -0.3 is 9.64 Å². The Bertz CT molecular complexity index is 769. The van der Waals surface area contributed by atoms with E-state index in [1.807, 2.05) is 26.1 Å². The van der Waals surface area contributed by atoms with E-state index < -0.39 is 6.36 Å². The Morgan fingerprint density at radius 3 is 2.85 bits per heavy atom. The first kappa shape index (κ1) is 19.4. The van der Waals surface area contributed by atoms with Crippen molar-refractivity contribution in [3.05, 3.63) is 47.8 Å². The Balaban J connectivity index is 1.64. The first-order chi connectivity index (χ1) is 12.8. The average molecular weight is 380 g/mol. The van der Waals surface area contributed by atoms with Crippen LogP contribution in [0, 0.1) is 6.92 Å². The van der Waals surface area contributed by atoms with Gasteiger partial charge in [-0.15, -0.1) is 13.2 Å². The second-order valence-corrected chi connectivity index (χ2v) is 6.84. The number of aryl methyl sites for hydroxylation is 1. The minimum Gasteiger partial charge on any atom is -0.406 e. The van der Waals surface area contributed by atoms with Crippen LogP contribution in [0.15, 0.2) is 36.5 Å². The summed E-state index contributed by atoms with van der Waals surface area (Å²) in [7, 11) is 1.99. The zero-order chi connectivity index (χ0) is 19.4. The van der Waals surface area contributed by atoms with Crippen LogP contribution in [0.5, 0.6) is 5.75 Å². The zero-order valence-electron chi connectivity index (χ0n) is 15.4. The molecule has 1 saturated heterocycles. The molecule has 0 spiro atoms. The van der Waals surface area contributed by atoms with Crippen LogP contribution >= 0.6 is 0 Å². The van der Waals surface area contributed by atoms with Gasteiger partial charge in [-0.25, -0.2) is 9.97 Å². The highest BCUT2D eigenvalue weighted by molar-refractivity contribution is 5.31. The Hall–Kier alpha value is -2.35. The molecule has 1 aromatic heterocycles. The van der Waals surface area contributed by atoms with Crippen LogP contribution < -0.4 is 9.64 Å². The molecule has 1 fully saturated rings. The normalized spacial score (nSPS) is 18.3. The van der Waals surface area contributed by atoms with Gasteiger partial charge in [0.05, 0.1) is 0 Å². The van der Waals surface area contributed by atoms with Crippen LogP contribution in [-0.2, 0) is 6.54 Å². The Morgan fingerprint density at radius 1 is 1.30 bits per heavy atom. The number of anilines is 1. The van der Waals surface area contributed by atoms with Crippen molar-refractivity contribution in [1.29, 1.82) is 0 Å². The maximum Gasteiger partial charge on any atom is 0.573 e. The van der Waals surface area contributed by atoms with E-state index in [2.05, 4.69) is 24.5 Å². The lowest BCUT2D eigenvalue weighted by Gasteiger charge is -2.37. The highest BCUT2D eigenvalue weighted by atomic mass is 19.4. The van der Waals surface area contributed by atoms with Crippen molar-refractivity contribution in [1.82, 2.24) is 14.9 Å². The second-order valence-electron chi connectivity index (χ2n) is 6.84. The third kappa shape index (κ3) is 5.56. The van der Waals surface area contributed by atoms with Crippen molar-refractivity contribution in [3.63, 3.8) is 0 Å². The summed E-state index contributed by atoms with van der Waals surface area (Å²) in [5.41, 5.74) is 1.72. The number of hydrogen-bond donors (Lipinski definition) is 0. The SMILES string of the molecule is Cc1ccnc(N(C)C2CCCN(Cc3cccc(OC(F)(F)F)c3)C2)n1. The molecule has 8 heteroatoms. The molecule has 0 saturated carbocycles. The molecule has 0 aliphatic carbocycles. The zero-order valence-corrected chi connectivity index (χ0v) is 15.4. The number of likely N-dealkylation sites (tertiary alicyclic amines) is 1. The number of nitrogens with zero attached hydrogens (tertiary/aromatic N) is 4. The monoisotopic (exact) mass is 380 g/mol. The maximum atomic E-state index is 12.4. The minimum absolute atomic E-state index is 0.182. The highest BCUT2D eigenvalue weighted by Gasteiger charge is 2.31. The lowest BCUT2D eigenvalue weighted by Crippen LogP contribution is -2.46. The molecule has 0 radical (unpaired) electrons. The fourth-order valence-corrected chi connectivity index (χ4v) is 3.36. The van der Waals surface area contributed by atoms with E-state index in [1.165, 1.54) is 12.1 Å². The number of likely N-dealkylation sites (N-methyl/N-ethyl adjacent to an activating group) is 1. The summed E-state index contributed by atoms with van der Waals surface area (Å²) in [6.45, 7) is 4.22. The summed E-state index contributed by atoms with van der Waals surface area (Å²) in [6, 6.07) is 8.30. The van der Waals surface area contributed by atoms with Gasteiger partial charge in [0.25, 0.3) is 0 Å². The molecule has 27 heavy (non-hydrogen) atoms. The Kier molecular flexibility index (Phi) is 5.84. The second kappa shape index (κ2) is 8.12. The van der Waals surface area contributed by atoms with E-state index in [4.69, 9.17) is 0 Å². The van der Waals surface area contributed by atoms with Gasteiger partial charge in [-0.1, -0.05) is 12.1 Å². The van der Waals surface area contributed by atoms with E-state index >= 15 is 0 Å². The van der Waals surface area contributed by atoms with Gasteiger partial charge >= 0.3 is 6.36 Å². The molecule has 0 N–H and O–H groups in total. The molecule has 1 aliphatic rings. The molecule has 2 heterocycles. The lowest BCUT2D eigenvalue weighted by molar-refractivity contribution is -0.274. The smallest absolute Gasteiger partial charge is 0.406 e. The summed E-state index contributed by atoms with van der Waals surface area (Å²) < 4.78 is 41.3. The predicted molar refractivity (Wildman–Crippen MR) is 96.6 cm³/mol. The van der Waals surface area contributed by atoms with E-state index in [-0.39, 0.29) is 11.8 Å². The van der Waals surface area contributed by atoms with Gasteiger partial charge in [-0.2, -0.15) is 0 Å². The Labute approximate surface area is 156 Å². The number of benzene rings is 1. The van der Waals surface area contributed by atoms with Crippen molar-refractivity contribution in [2.45, 2.75) is 38.7 Å². The van der Waals surface area contributed by atoms with E-state index in [1.54, 1.807) is 12.3 Å². The standard InChI is InChI=1S/C19H23F3N4O/c1-14-8-9-23-18(24-14)25(2)16-6-4-10-26(13-16)12-15-5-3-7-17(11-15)27-19(20,21)22/h3,5,7-9,11,16H,4,6,10,12-13H2,1-2H3. The van der Waals surface area contributed by atoms with Crippen LogP contribution in [0.2, 0.25) is 0 Å². The van der Waals surface area contributed by atoms with Gasteiger partial charge in [-0.05, 0) is 50.1 Å². The highest BCUT2D eigenvalue weighted by Crippen LogP contribution is 2.25. The molecule has 146 valence electrons. The van der Waals surface area contributed by atoms with Crippen LogP contribution in [0.4, 0.5) is 19.1 Å². The molecule has 5 nitrogen and oxygen atoms in total. The van der Waals surface area contributed by atoms with Crippen molar-refractivity contribution >= 4 is 5.95 Å². The number of rotatable bonds is 5. The van der Waals surface area contributed by atoms with Crippen molar-refractivity contribution < 1.29 is 17.9 Å². The van der Waals surface area contributed by atoms with Crippen LogP contribution in [-0.4, -0.2) is 47.4 Å². The van der Waals surface area contributed by atoms with E-state index in [9.17, 15) is 13.2 Å². The summed E-state index contributed by atoms with van der Waals surface area (Å²) in [4.78, 5) is 13.1. The molecule has 1 aromatic carbocycles. The quantitative estimate of drug-likeness (QED) is 0.790. The van der Waals surface area contributed by atoms with Crippen LogP contribution in [0.1, 0.15) is 24.1 Å². The number of hydrogen-bond acceptors (Lipinski definition) is 5. The molecule has 2 aromatic rings. The summed E-state index contributed by atoms with van der Waals surface area (Å²) in [6.07, 6.45) is -0.882. The number of piperidine rings is 1. The molecule has 0 amide bonds. The summed E-state index contributed by atoms with van der Waals surface area (Å²) in [5, 5.41) is 0. The average Bonchev–Trinajstić information content (AvgIpc) is 2.60. The third-order valence-electron chi connectivity index (χ3n) is 4.66. The van der Waals surface area contributed by atoms with Crippen molar-refractivity contribution in [3.8, 4) is 5.75 Å².